The van der Waals surface area contributed by atoms with Crippen molar-refractivity contribution in [3.63, 3.8) is 0 Å². The van der Waals surface area contributed by atoms with Crippen LogP contribution in [0.1, 0.15) is 44.9 Å². The molecule has 3 aliphatic rings. The highest BCUT2D eigenvalue weighted by atomic mass is 15.0. The van der Waals surface area contributed by atoms with E-state index in [4.69, 9.17) is 0 Å². The highest BCUT2D eigenvalue weighted by Crippen LogP contribution is 2.38. The quantitative estimate of drug-likeness (QED) is 0.541. The van der Waals surface area contributed by atoms with Crippen molar-refractivity contribution in [2.75, 3.05) is 0 Å². The largest absolute Gasteiger partial charge is 0.311 e. The summed E-state index contributed by atoms with van der Waals surface area (Å²) in [5, 5.41) is 3.69. The summed E-state index contributed by atoms with van der Waals surface area (Å²) in [6.07, 6.45) is 9.94. The molecular weight excluding hydrogens is 146 g/mol. The zero-order valence-corrected chi connectivity index (χ0v) is 7.60. The van der Waals surface area contributed by atoms with Crippen molar-refractivity contribution < 1.29 is 0 Å². The van der Waals surface area contributed by atoms with Gasteiger partial charge in [-0.1, -0.05) is 11.1 Å². The molecule has 3 fully saturated rings. The number of piperidine rings is 1. The van der Waals surface area contributed by atoms with Crippen LogP contribution in [0.2, 0.25) is 0 Å². The molecule has 1 aliphatic carbocycles. The first-order chi connectivity index (χ1) is 5.92. The molecule has 1 nitrogen and oxygen atoms in total. The SMILES string of the molecule is C1CC(=C2CC3CCC(C2)N3)C1. The van der Waals surface area contributed by atoms with Gasteiger partial charge in [-0.25, -0.2) is 0 Å². The molecule has 2 heterocycles. The van der Waals surface area contributed by atoms with Crippen LogP contribution in [0, 0.1) is 0 Å². The normalized spacial score (nSPS) is 40.0. The van der Waals surface area contributed by atoms with Gasteiger partial charge in [0.15, 0.2) is 0 Å². The Morgan fingerprint density at radius 2 is 1.58 bits per heavy atom. The molecule has 12 heavy (non-hydrogen) atoms. The van der Waals surface area contributed by atoms with Gasteiger partial charge in [-0.05, 0) is 44.9 Å². The number of hydrogen-bond donors (Lipinski definition) is 1. The second-order valence-electron chi connectivity index (χ2n) is 4.61. The third-order valence-electron chi connectivity index (χ3n) is 3.78. The van der Waals surface area contributed by atoms with Crippen molar-refractivity contribution in [3.8, 4) is 0 Å². The van der Waals surface area contributed by atoms with E-state index in [9.17, 15) is 0 Å². The average Bonchev–Trinajstić information content (AvgIpc) is 2.27. The molecule has 2 bridgehead atoms. The fraction of sp³-hybridized carbons (Fsp3) is 0.818. The van der Waals surface area contributed by atoms with Crippen molar-refractivity contribution in [1.82, 2.24) is 5.32 Å². The van der Waals surface area contributed by atoms with E-state index >= 15 is 0 Å². The first-order valence-corrected chi connectivity index (χ1v) is 5.37. The predicted octanol–water partition coefficient (Wildman–Crippen LogP) is 2.38. The Morgan fingerprint density at radius 3 is 2.08 bits per heavy atom. The number of nitrogens with one attached hydrogen (secondary N) is 1. The number of hydrogen-bond acceptors (Lipinski definition) is 1. The molecule has 1 N–H and O–H groups in total. The summed E-state index contributed by atoms with van der Waals surface area (Å²) in [4.78, 5) is 0. The summed E-state index contributed by atoms with van der Waals surface area (Å²) in [5.41, 5.74) is 3.67. The molecule has 0 aromatic carbocycles. The summed E-state index contributed by atoms with van der Waals surface area (Å²) in [5.74, 6) is 0. The Bertz CT molecular complexity index is 209. The van der Waals surface area contributed by atoms with Crippen molar-refractivity contribution in [1.29, 1.82) is 0 Å². The molecule has 0 amide bonds. The zero-order chi connectivity index (χ0) is 7.97. The lowest BCUT2D eigenvalue weighted by Gasteiger charge is -2.29. The van der Waals surface area contributed by atoms with E-state index in [2.05, 4.69) is 5.32 Å². The van der Waals surface area contributed by atoms with E-state index < -0.39 is 0 Å². The summed E-state index contributed by atoms with van der Waals surface area (Å²) in [7, 11) is 0. The second kappa shape index (κ2) is 2.59. The van der Waals surface area contributed by atoms with Crippen LogP contribution in [0.25, 0.3) is 0 Å². The fourth-order valence-corrected chi connectivity index (χ4v) is 2.90. The van der Waals surface area contributed by atoms with Crippen LogP contribution < -0.4 is 5.32 Å². The number of fused-ring (bicyclic) bond motifs is 2. The lowest BCUT2D eigenvalue weighted by Crippen LogP contribution is -2.35. The summed E-state index contributed by atoms with van der Waals surface area (Å²) < 4.78 is 0. The van der Waals surface area contributed by atoms with E-state index in [1.807, 2.05) is 11.1 Å². The summed E-state index contributed by atoms with van der Waals surface area (Å²) in [6, 6.07) is 1.71. The highest BCUT2D eigenvalue weighted by molar-refractivity contribution is 5.24. The Labute approximate surface area is 74.2 Å². The molecule has 1 saturated carbocycles. The van der Waals surface area contributed by atoms with Crippen molar-refractivity contribution in [2.45, 2.75) is 57.0 Å². The molecule has 2 unspecified atom stereocenters. The van der Waals surface area contributed by atoms with Gasteiger partial charge in [-0.2, -0.15) is 0 Å². The van der Waals surface area contributed by atoms with E-state index in [-0.39, 0.29) is 0 Å². The molecule has 2 saturated heterocycles. The van der Waals surface area contributed by atoms with E-state index in [0.29, 0.717) is 0 Å². The molecule has 1 heteroatoms. The van der Waals surface area contributed by atoms with Crippen LogP contribution in [-0.4, -0.2) is 12.1 Å². The monoisotopic (exact) mass is 163 g/mol. The molecule has 2 atom stereocenters. The van der Waals surface area contributed by atoms with Gasteiger partial charge in [-0.15, -0.1) is 0 Å². The Morgan fingerprint density at radius 1 is 0.917 bits per heavy atom. The Balaban J connectivity index is 1.81. The van der Waals surface area contributed by atoms with E-state index in [1.165, 1.54) is 44.9 Å². The zero-order valence-electron chi connectivity index (χ0n) is 7.60. The van der Waals surface area contributed by atoms with Gasteiger partial charge in [0.1, 0.15) is 0 Å². The van der Waals surface area contributed by atoms with Crippen LogP contribution in [-0.2, 0) is 0 Å². The van der Waals surface area contributed by atoms with Crippen LogP contribution in [0.4, 0.5) is 0 Å². The van der Waals surface area contributed by atoms with Gasteiger partial charge >= 0.3 is 0 Å². The van der Waals surface area contributed by atoms with Crippen LogP contribution in [0.5, 0.6) is 0 Å². The minimum Gasteiger partial charge on any atom is -0.311 e. The van der Waals surface area contributed by atoms with Crippen LogP contribution >= 0.6 is 0 Å². The van der Waals surface area contributed by atoms with Crippen LogP contribution in [0.3, 0.4) is 0 Å². The lowest BCUT2D eigenvalue weighted by molar-refractivity contribution is 0.459. The smallest absolute Gasteiger partial charge is 0.0108 e. The predicted molar refractivity (Wildman–Crippen MR) is 50.1 cm³/mol. The van der Waals surface area contributed by atoms with Crippen molar-refractivity contribution in [2.24, 2.45) is 0 Å². The van der Waals surface area contributed by atoms with Crippen molar-refractivity contribution >= 4 is 0 Å². The van der Waals surface area contributed by atoms with Crippen LogP contribution in [0.15, 0.2) is 11.1 Å². The molecule has 0 aromatic heterocycles. The molecule has 66 valence electrons. The average molecular weight is 163 g/mol. The first kappa shape index (κ1) is 7.14. The summed E-state index contributed by atoms with van der Waals surface area (Å²) in [6.45, 7) is 0. The van der Waals surface area contributed by atoms with Gasteiger partial charge in [0.25, 0.3) is 0 Å². The molecule has 0 radical (unpaired) electrons. The molecular formula is C11H17N. The van der Waals surface area contributed by atoms with E-state index in [0.717, 1.165) is 12.1 Å². The molecule has 2 aliphatic heterocycles. The lowest BCUT2D eigenvalue weighted by atomic mass is 9.83. The van der Waals surface area contributed by atoms with Gasteiger partial charge < -0.3 is 5.32 Å². The van der Waals surface area contributed by atoms with Gasteiger partial charge in [0.05, 0.1) is 0 Å². The third-order valence-corrected chi connectivity index (χ3v) is 3.78. The maximum atomic E-state index is 3.69. The minimum atomic E-state index is 0.854. The standard InChI is InChI=1S/C11H17N/c1-2-8(3-1)9-6-10-4-5-11(7-9)12-10/h10-12H,1-7H2. The molecule has 3 rings (SSSR count). The van der Waals surface area contributed by atoms with Crippen molar-refractivity contribution in [3.05, 3.63) is 11.1 Å². The van der Waals surface area contributed by atoms with Gasteiger partial charge in [-0.3, -0.25) is 0 Å². The number of allylic oxidation sites excluding steroid dienone is 1. The first-order valence-electron chi connectivity index (χ1n) is 5.37. The van der Waals surface area contributed by atoms with Gasteiger partial charge in [0, 0.05) is 12.1 Å². The number of rotatable bonds is 0. The Hall–Kier alpha value is -0.300. The third kappa shape index (κ3) is 1.03. The topological polar surface area (TPSA) is 12.0 Å². The van der Waals surface area contributed by atoms with E-state index in [1.54, 1.807) is 0 Å². The maximum Gasteiger partial charge on any atom is 0.0108 e. The fourth-order valence-electron chi connectivity index (χ4n) is 2.90. The minimum absolute atomic E-state index is 0.854. The maximum absolute atomic E-state index is 3.69. The second-order valence-corrected chi connectivity index (χ2v) is 4.61. The molecule has 0 spiro atoms. The Kier molecular flexibility index (Phi) is 1.54. The molecule has 0 aromatic rings. The van der Waals surface area contributed by atoms with Gasteiger partial charge in [0.2, 0.25) is 0 Å². The highest BCUT2D eigenvalue weighted by Gasteiger charge is 2.32. The summed E-state index contributed by atoms with van der Waals surface area (Å²) >= 11 is 0.